The summed E-state index contributed by atoms with van der Waals surface area (Å²) in [6.45, 7) is 11.1. The van der Waals surface area contributed by atoms with E-state index < -0.39 is 0 Å². The van der Waals surface area contributed by atoms with Gasteiger partial charge in [-0.2, -0.15) is 0 Å². The van der Waals surface area contributed by atoms with Crippen LogP contribution in [0.25, 0.3) is 0 Å². The molecule has 0 bridgehead atoms. The summed E-state index contributed by atoms with van der Waals surface area (Å²) in [7, 11) is 0. The fourth-order valence-corrected chi connectivity index (χ4v) is 2.47. The van der Waals surface area contributed by atoms with Crippen LogP contribution in [0.2, 0.25) is 0 Å². The van der Waals surface area contributed by atoms with Crippen molar-refractivity contribution in [3.63, 3.8) is 0 Å². The maximum atomic E-state index is 9.84. The van der Waals surface area contributed by atoms with Gasteiger partial charge in [0, 0.05) is 48.9 Å². The summed E-state index contributed by atoms with van der Waals surface area (Å²) in [5.74, 6) is 0.409. The fraction of sp³-hybridized carbons (Fsp3) is 0.571. The van der Waals surface area contributed by atoms with Gasteiger partial charge in [-0.1, -0.05) is 52.8 Å². The minimum absolute atomic E-state index is 0. The number of phenols is 1. The summed E-state index contributed by atoms with van der Waals surface area (Å²) in [5.41, 5.74) is 1.33. The largest absolute Gasteiger partial charge is 0.508 e. The van der Waals surface area contributed by atoms with E-state index in [-0.39, 0.29) is 59.7 Å². The summed E-state index contributed by atoms with van der Waals surface area (Å²) >= 11 is 0. The Morgan fingerprint density at radius 3 is 1.94 bits per heavy atom. The van der Waals surface area contributed by atoms with Crippen molar-refractivity contribution in [2.45, 2.75) is 46.5 Å². The molecule has 0 amide bonds. The van der Waals surface area contributed by atoms with Gasteiger partial charge in [0.25, 0.3) is 0 Å². The molecule has 2 heteroatoms. The van der Waals surface area contributed by atoms with Gasteiger partial charge in [0.2, 0.25) is 0 Å². The van der Waals surface area contributed by atoms with E-state index in [0.717, 1.165) is 12.0 Å². The van der Waals surface area contributed by atoms with E-state index in [1.54, 1.807) is 6.07 Å². The zero-order valence-electron chi connectivity index (χ0n) is 11.2. The second-order valence-electron chi connectivity index (χ2n) is 6.14. The van der Waals surface area contributed by atoms with Gasteiger partial charge in [-0.3, -0.25) is 0 Å². The molecule has 0 unspecified atom stereocenters. The zero-order chi connectivity index (χ0) is 11.7. The van der Waals surface area contributed by atoms with E-state index in [2.05, 4.69) is 34.6 Å². The Bertz CT molecular complexity index is 337. The summed E-state index contributed by atoms with van der Waals surface area (Å²) in [4.78, 5) is 0. The van der Waals surface area contributed by atoms with E-state index in [1.165, 1.54) is 0 Å². The van der Waals surface area contributed by atoms with Crippen LogP contribution in [0.4, 0.5) is 0 Å². The molecule has 2 radical (unpaired) electrons. The average molecular weight is 344 g/mol. The Hall–Kier alpha value is 0.591. The van der Waals surface area contributed by atoms with Crippen LogP contribution in [-0.2, 0) is 5.41 Å². The van der Waals surface area contributed by atoms with Gasteiger partial charge in [0.05, 0.1) is 0 Å². The van der Waals surface area contributed by atoms with Gasteiger partial charge in [-0.05, 0) is 28.9 Å². The summed E-state index contributed by atoms with van der Waals surface area (Å²) < 4.78 is 0. The standard InChI is InChI=1S/C14H22O.Ba/c1-13(2,3)10-14(4,5)11-8-6-7-9-12(11)15;/h6-9,15H,10H2,1-5H3;. The first-order valence-corrected chi connectivity index (χ1v) is 5.51. The van der Waals surface area contributed by atoms with Crippen molar-refractivity contribution in [1.82, 2.24) is 0 Å². The fourth-order valence-electron chi connectivity index (χ4n) is 2.47. The molecule has 0 aliphatic carbocycles. The summed E-state index contributed by atoms with van der Waals surface area (Å²) in [6.07, 6.45) is 1.05. The molecule has 0 spiro atoms. The van der Waals surface area contributed by atoms with E-state index in [4.69, 9.17) is 0 Å². The number of aromatic hydroxyl groups is 1. The smallest absolute Gasteiger partial charge is 0.119 e. The van der Waals surface area contributed by atoms with Gasteiger partial charge in [0.15, 0.2) is 0 Å². The first kappa shape index (κ1) is 16.6. The molecular formula is C14H22BaO. The minimum atomic E-state index is 0. The van der Waals surface area contributed by atoms with Crippen molar-refractivity contribution in [3.8, 4) is 5.75 Å². The molecule has 0 heterocycles. The number of hydrogen-bond acceptors (Lipinski definition) is 1. The second-order valence-corrected chi connectivity index (χ2v) is 6.14. The third-order valence-electron chi connectivity index (χ3n) is 2.61. The third kappa shape index (κ3) is 4.84. The van der Waals surface area contributed by atoms with Crippen LogP contribution in [0, 0.1) is 5.41 Å². The van der Waals surface area contributed by atoms with Crippen LogP contribution in [0.3, 0.4) is 0 Å². The molecular weight excluding hydrogens is 321 g/mol. The molecule has 1 nitrogen and oxygen atoms in total. The predicted molar refractivity (Wildman–Crippen MR) is 71.0 cm³/mol. The number of para-hydroxylation sites is 1. The summed E-state index contributed by atoms with van der Waals surface area (Å²) in [5, 5.41) is 9.84. The molecule has 86 valence electrons. The Morgan fingerprint density at radius 1 is 1.00 bits per heavy atom. The van der Waals surface area contributed by atoms with Gasteiger partial charge in [-0.25, -0.2) is 0 Å². The van der Waals surface area contributed by atoms with Gasteiger partial charge < -0.3 is 5.11 Å². The van der Waals surface area contributed by atoms with E-state index in [9.17, 15) is 5.11 Å². The van der Waals surface area contributed by atoms with Gasteiger partial charge in [0.1, 0.15) is 5.75 Å². The minimum Gasteiger partial charge on any atom is -0.508 e. The molecule has 1 aromatic carbocycles. The molecule has 1 N–H and O–H groups in total. The normalized spacial score (nSPS) is 12.1. The van der Waals surface area contributed by atoms with Crippen molar-refractivity contribution in [2.75, 3.05) is 0 Å². The quantitative estimate of drug-likeness (QED) is 0.811. The van der Waals surface area contributed by atoms with Crippen LogP contribution in [-0.4, -0.2) is 54.0 Å². The van der Waals surface area contributed by atoms with Crippen molar-refractivity contribution in [1.29, 1.82) is 0 Å². The molecule has 16 heavy (non-hydrogen) atoms. The molecule has 0 aromatic heterocycles. The first-order valence-electron chi connectivity index (χ1n) is 5.51. The van der Waals surface area contributed by atoms with Crippen LogP contribution in [0.1, 0.15) is 46.6 Å². The maximum Gasteiger partial charge on any atom is 0.119 e. The zero-order valence-corrected chi connectivity index (χ0v) is 15.6. The van der Waals surface area contributed by atoms with Gasteiger partial charge in [-0.15, -0.1) is 0 Å². The summed E-state index contributed by atoms with van der Waals surface area (Å²) in [6, 6.07) is 7.63. The Labute approximate surface area is 140 Å². The van der Waals surface area contributed by atoms with Crippen LogP contribution < -0.4 is 0 Å². The molecule has 0 saturated heterocycles. The molecule has 0 fully saturated rings. The van der Waals surface area contributed by atoms with Crippen molar-refractivity contribution in [2.24, 2.45) is 5.41 Å². The van der Waals surface area contributed by atoms with E-state index in [1.807, 2.05) is 18.2 Å². The maximum absolute atomic E-state index is 9.84. The van der Waals surface area contributed by atoms with Crippen molar-refractivity contribution < 1.29 is 5.11 Å². The van der Waals surface area contributed by atoms with Crippen LogP contribution in [0.5, 0.6) is 5.75 Å². The van der Waals surface area contributed by atoms with Crippen molar-refractivity contribution in [3.05, 3.63) is 29.8 Å². The molecule has 0 atom stereocenters. The first-order chi connectivity index (χ1) is 6.72. The number of phenolic OH excluding ortho intramolecular Hbond substituents is 1. The predicted octanol–water partition coefficient (Wildman–Crippen LogP) is 3.73. The van der Waals surface area contributed by atoms with Crippen LogP contribution >= 0.6 is 0 Å². The van der Waals surface area contributed by atoms with Crippen LogP contribution in [0.15, 0.2) is 24.3 Å². The number of benzene rings is 1. The SMILES string of the molecule is CC(C)(C)CC(C)(C)c1ccccc1O.[Ba]. The number of hydrogen-bond donors (Lipinski definition) is 1. The number of rotatable bonds is 2. The molecule has 0 saturated carbocycles. The monoisotopic (exact) mass is 344 g/mol. The third-order valence-corrected chi connectivity index (χ3v) is 2.61. The topological polar surface area (TPSA) is 20.2 Å². The van der Waals surface area contributed by atoms with Gasteiger partial charge >= 0.3 is 0 Å². The second kappa shape index (κ2) is 5.96. The van der Waals surface area contributed by atoms with E-state index >= 15 is 0 Å². The van der Waals surface area contributed by atoms with Crippen molar-refractivity contribution >= 4 is 48.9 Å². The average Bonchev–Trinajstić information content (AvgIpc) is 1.99. The van der Waals surface area contributed by atoms with E-state index in [0.29, 0.717) is 5.75 Å². The molecule has 0 aliphatic rings. The molecule has 1 rings (SSSR count). The Morgan fingerprint density at radius 2 is 1.50 bits per heavy atom. The Balaban J connectivity index is 0.00000225. The Kier molecular flexibility index (Phi) is 6.18. The molecule has 0 aliphatic heterocycles. The molecule has 1 aromatic rings.